The predicted octanol–water partition coefficient (Wildman–Crippen LogP) is 0.225. The quantitative estimate of drug-likeness (QED) is 0.652. The number of rotatable bonds is 8. The number of nitrogens with zero attached hydrogens (tertiary/aromatic N) is 1. The highest BCUT2D eigenvalue weighted by molar-refractivity contribution is 4.93. The van der Waals surface area contributed by atoms with Crippen molar-refractivity contribution in [3.63, 3.8) is 0 Å². The van der Waals surface area contributed by atoms with E-state index in [1.807, 2.05) is 6.07 Å². The number of pyridine rings is 1. The minimum absolute atomic E-state index is 0.00885. The molecule has 1 atom stereocenters. The van der Waals surface area contributed by atoms with Gasteiger partial charge in [0.05, 0.1) is 5.60 Å². The van der Waals surface area contributed by atoms with Crippen LogP contribution in [-0.4, -0.2) is 42.1 Å². The first-order valence-corrected chi connectivity index (χ1v) is 6.13. The molecule has 1 aromatic heterocycles. The van der Waals surface area contributed by atoms with Crippen molar-refractivity contribution in [3.8, 4) is 0 Å². The lowest BCUT2D eigenvalue weighted by atomic mass is 10.0. The van der Waals surface area contributed by atoms with Crippen LogP contribution in [-0.2, 0) is 11.3 Å². The van der Waals surface area contributed by atoms with Gasteiger partial charge in [-0.3, -0.25) is 4.79 Å². The number of aromatic nitrogens is 1. The van der Waals surface area contributed by atoms with E-state index in [2.05, 4.69) is 5.32 Å². The SMILES string of the molecule is COCCC(C)(O)CNCCn1ccccc1=O. The van der Waals surface area contributed by atoms with Gasteiger partial charge in [0, 0.05) is 52.0 Å². The molecule has 0 fully saturated rings. The van der Waals surface area contributed by atoms with E-state index in [9.17, 15) is 9.90 Å². The summed E-state index contributed by atoms with van der Waals surface area (Å²) in [6, 6.07) is 5.09. The molecule has 102 valence electrons. The van der Waals surface area contributed by atoms with Gasteiger partial charge >= 0.3 is 0 Å². The van der Waals surface area contributed by atoms with E-state index in [0.29, 0.717) is 32.7 Å². The highest BCUT2D eigenvalue weighted by atomic mass is 16.5. The molecule has 0 aromatic carbocycles. The van der Waals surface area contributed by atoms with Crippen LogP contribution in [0.4, 0.5) is 0 Å². The molecule has 0 aliphatic rings. The third-order valence-electron chi connectivity index (χ3n) is 2.78. The molecule has 0 spiro atoms. The molecule has 0 aliphatic carbocycles. The van der Waals surface area contributed by atoms with Crippen LogP contribution in [0.25, 0.3) is 0 Å². The highest BCUT2D eigenvalue weighted by Crippen LogP contribution is 2.07. The Labute approximate surface area is 107 Å². The minimum Gasteiger partial charge on any atom is -0.389 e. The van der Waals surface area contributed by atoms with Crippen LogP contribution in [0.3, 0.4) is 0 Å². The number of aliphatic hydroxyl groups is 1. The van der Waals surface area contributed by atoms with Gasteiger partial charge in [0.25, 0.3) is 5.56 Å². The van der Waals surface area contributed by atoms with Crippen LogP contribution in [0.5, 0.6) is 0 Å². The van der Waals surface area contributed by atoms with E-state index in [-0.39, 0.29) is 5.56 Å². The number of hydrogen-bond donors (Lipinski definition) is 2. The molecule has 0 amide bonds. The van der Waals surface area contributed by atoms with E-state index in [1.54, 1.807) is 30.9 Å². The second kappa shape index (κ2) is 7.31. The van der Waals surface area contributed by atoms with E-state index in [0.717, 1.165) is 0 Å². The lowest BCUT2D eigenvalue weighted by Crippen LogP contribution is -2.40. The fourth-order valence-corrected chi connectivity index (χ4v) is 1.61. The highest BCUT2D eigenvalue weighted by Gasteiger charge is 2.18. The molecule has 0 saturated heterocycles. The molecule has 5 nitrogen and oxygen atoms in total. The Morgan fingerprint density at radius 2 is 2.28 bits per heavy atom. The topological polar surface area (TPSA) is 63.5 Å². The van der Waals surface area contributed by atoms with Crippen molar-refractivity contribution in [3.05, 3.63) is 34.7 Å². The van der Waals surface area contributed by atoms with E-state index >= 15 is 0 Å². The Bertz CT molecular complexity index is 401. The average molecular weight is 254 g/mol. The summed E-state index contributed by atoms with van der Waals surface area (Å²) in [5.41, 5.74) is -0.789. The largest absolute Gasteiger partial charge is 0.389 e. The van der Waals surface area contributed by atoms with Crippen molar-refractivity contribution in [1.82, 2.24) is 9.88 Å². The standard InChI is InChI=1S/C13H22N2O3/c1-13(17,6-10-18-2)11-14-7-9-15-8-4-3-5-12(15)16/h3-5,8,14,17H,6-7,9-11H2,1-2H3. The molecule has 0 bridgehead atoms. The first kappa shape index (κ1) is 14.9. The summed E-state index contributed by atoms with van der Waals surface area (Å²) in [6.45, 7) is 4.03. The molecule has 1 unspecified atom stereocenters. The maximum Gasteiger partial charge on any atom is 0.250 e. The Morgan fingerprint density at radius 1 is 1.50 bits per heavy atom. The van der Waals surface area contributed by atoms with Gasteiger partial charge in [0.2, 0.25) is 0 Å². The van der Waals surface area contributed by atoms with Gasteiger partial charge in [-0.05, 0) is 13.0 Å². The van der Waals surface area contributed by atoms with Crippen molar-refractivity contribution >= 4 is 0 Å². The molecular formula is C13H22N2O3. The zero-order valence-corrected chi connectivity index (χ0v) is 11.1. The molecule has 0 radical (unpaired) electrons. The lowest BCUT2D eigenvalue weighted by molar-refractivity contribution is 0.0250. The summed E-state index contributed by atoms with van der Waals surface area (Å²) in [5.74, 6) is 0. The smallest absolute Gasteiger partial charge is 0.250 e. The van der Waals surface area contributed by atoms with Crippen molar-refractivity contribution in [2.24, 2.45) is 0 Å². The van der Waals surface area contributed by atoms with Crippen LogP contribution in [0.1, 0.15) is 13.3 Å². The minimum atomic E-state index is -0.780. The fourth-order valence-electron chi connectivity index (χ4n) is 1.61. The summed E-state index contributed by atoms with van der Waals surface area (Å²) < 4.78 is 6.57. The van der Waals surface area contributed by atoms with Gasteiger partial charge in [-0.25, -0.2) is 0 Å². The maximum atomic E-state index is 11.4. The molecule has 1 aromatic rings. The van der Waals surface area contributed by atoms with E-state index < -0.39 is 5.60 Å². The Kier molecular flexibility index (Phi) is 6.04. The Balaban J connectivity index is 2.26. The van der Waals surface area contributed by atoms with Crippen molar-refractivity contribution in [1.29, 1.82) is 0 Å². The van der Waals surface area contributed by atoms with E-state index in [1.165, 1.54) is 6.07 Å². The predicted molar refractivity (Wildman–Crippen MR) is 70.7 cm³/mol. The number of hydrogen-bond acceptors (Lipinski definition) is 4. The maximum absolute atomic E-state index is 11.4. The van der Waals surface area contributed by atoms with Gasteiger partial charge in [-0.15, -0.1) is 0 Å². The zero-order chi connectivity index (χ0) is 13.4. The van der Waals surface area contributed by atoms with Gasteiger partial charge < -0.3 is 19.7 Å². The Morgan fingerprint density at radius 3 is 2.94 bits per heavy atom. The molecule has 18 heavy (non-hydrogen) atoms. The monoisotopic (exact) mass is 254 g/mol. The summed E-state index contributed by atoms with van der Waals surface area (Å²) in [6.07, 6.45) is 2.34. The summed E-state index contributed by atoms with van der Waals surface area (Å²) in [7, 11) is 1.62. The van der Waals surface area contributed by atoms with Gasteiger partial charge in [0.15, 0.2) is 0 Å². The van der Waals surface area contributed by atoms with Crippen LogP contribution in [0.2, 0.25) is 0 Å². The number of ether oxygens (including phenoxy) is 1. The first-order chi connectivity index (χ1) is 8.55. The van der Waals surface area contributed by atoms with Gasteiger partial charge in [-0.2, -0.15) is 0 Å². The number of nitrogens with one attached hydrogen (secondary N) is 1. The molecule has 1 heterocycles. The summed E-state index contributed by atoms with van der Waals surface area (Å²) in [5, 5.41) is 13.1. The third-order valence-corrected chi connectivity index (χ3v) is 2.78. The molecule has 5 heteroatoms. The van der Waals surface area contributed by atoms with Gasteiger partial charge in [0.1, 0.15) is 0 Å². The molecule has 1 rings (SSSR count). The zero-order valence-electron chi connectivity index (χ0n) is 11.1. The number of methoxy groups -OCH3 is 1. The van der Waals surface area contributed by atoms with Crippen molar-refractivity contribution in [2.45, 2.75) is 25.5 Å². The third kappa shape index (κ3) is 5.44. The van der Waals surface area contributed by atoms with Crippen molar-refractivity contribution in [2.75, 3.05) is 26.8 Å². The Hall–Kier alpha value is -1.17. The fraction of sp³-hybridized carbons (Fsp3) is 0.615. The molecule has 0 saturated carbocycles. The van der Waals surface area contributed by atoms with Crippen molar-refractivity contribution < 1.29 is 9.84 Å². The lowest BCUT2D eigenvalue weighted by Gasteiger charge is -2.23. The van der Waals surface area contributed by atoms with Gasteiger partial charge in [-0.1, -0.05) is 6.07 Å². The second-order valence-corrected chi connectivity index (χ2v) is 4.65. The second-order valence-electron chi connectivity index (χ2n) is 4.65. The normalized spacial score (nSPS) is 14.4. The summed E-state index contributed by atoms with van der Waals surface area (Å²) in [4.78, 5) is 11.4. The molecular weight excluding hydrogens is 232 g/mol. The van der Waals surface area contributed by atoms with Crippen LogP contribution in [0, 0.1) is 0 Å². The average Bonchev–Trinajstić information content (AvgIpc) is 2.34. The van der Waals surface area contributed by atoms with Crippen LogP contribution in [0.15, 0.2) is 29.2 Å². The van der Waals surface area contributed by atoms with E-state index in [4.69, 9.17) is 4.74 Å². The first-order valence-electron chi connectivity index (χ1n) is 6.13. The van der Waals surface area contributed by atoms with Crippen LogP contribution >= 0.6 is 0 Å². The van der Waals surface area contributed by atoms with Crippen LogP contribution < -0.4 is 10.9 Å². The summed E-state index contributed by atoms with van der Waals surface area (Å²) >= 11 is 0. The molecule has 0 aliphatic heterocycles. The molecule has 2 N–H and O–H groups in total.